The van der Waals surface area contributed by atoms with E-state index in [1.54, 1.807) is 0 Å². The van der Waals surface area contributed by atoms with Gasteiger partial charge in [0.1, 0.15) is 5.78 Å². The number of carbonyl (C=O) groups is 1. The molecule has 2 atom stereocenters. The third-order valence-electron chi connectivity index (χ3n) is 4.28. The molecule has 1 aromatic rings. The summed E-state index contributed by atoms with van der Waals surface area (Å²) in [6.07, 6.45) is 5.64. The van der Waals surface area contributed by atoms with E-state index in [-0.39, 0.29) is 17.7 Å². The number of nitrogens with zero attached hydrogens (tertiary/aromatic N) is 2. The Labute approximate surface area is 125 Å². The SMILES string of the molecule is CCn1nc(C)c(Cl)c1CC(=O)C1CCCCCC1N. The second-order valence-electron chi connectivity index (χ2n) is 5.71. The quantitative estimate of drug-likeness (QED) is 0.869. The van der Waals surface area contributed by atoms with Crippen LogP contribution in [0, 0.1) is 12.8 Å². The average Bonchev–Trinajstić information content (AvgIpc) is 2.60. The first kappa shape index (κ1) is 15.5. The Morgan fingerprint density at radius 3 is 2.80 bits per heavy atom. The lowest BCUT2D eigenvalue weighted by Crippen LogP contribution is -2.35. The maximum Gasteiger partial charge on any atom is 0.143 e. The van der Waals surface area contributed by atoms with Gasteiger partial charge in [0.2, 0.25) is 0 Å². The zero-order valence-electron chi connectivity index (χ0n) is 12.4. The minimum atomic E-state index is -0.0194. The normalized spacial score (nSPS) is 23.6. The Hall–Kier alpha value is -0.870. The van der Waals surface area contributed by atoms with Crippen molar-refractivity contribution in [1.29, 1.82) is 0 Å². The summed E-state index contributed by atoms with van der Waals surface area (Å²) in [7, 11) is 0. The van der Waals surface area contributed by atoms with Crippen LogP contribution in [0.4, 0.5) is 0 Å². The molecule has 4 nitrogen and oxygen atoms in total. The average molecular weight is 298 g/mol. The van der Waals surface area contributed by atoms with Gasteiger partial charge in [0, 0.05) is 18.5 Å². The molecule has 0 amide bonds. The highest BCUT2D eigenvalue weighted by Crippen LogP contribution is 2.26. The van der Waals surface area contributed by atoms with Gasteiger partial charge in [-0.1, -0.05) is 30.9 Å². The predicted molar refractivity (Wildman–Crippen MR) is 80.9 cm³/mol. The molecule has 0 saturated heterocycles. The van der Waals surface area contributed by atoms with E-state index in [0.29, 0.717) is 11.4 Å². The van der Waals surface area contributed by atoms with Crippen LogP contribution in [0.25, 0.3) is 0 Å². The summed E-state index contributed by atoms with van der Waals surface area (Å²) in [6, 6.07) is 0.00266. The van der Waals surface area contributed by atoms with Crippen LogP contribution < -0.4 is 5.73 Å². The number of nitrogens with two attached hydrogens (primary N) is 1. The monoisotopic (exact) mass is 297 g/mol. The maximum atomic E-state index is 12.6. The molecule has 1 aliphatic rings. The number of aryl methyl sites for hydroxylation is 2. The van der Waals surface area contributed by atoms with Crippen molar-refractivity contribution >= 4 is 17.4 Å². The molecule has 2 unspecified atom stereocenters. The highest BCUT2D eigenvalue weighted by Gasteiger charge is 2.28. The van der Waals surface area contributed by atoms with Crippen LogP contribution in [0.5, 0.6) is 0 Å². The van der Waals surface area contributed by atoms with E-state index in [0.717, 1.165) is 43.6 Å². The number of hydrogen-bond acceptors (Lipinski definition) is 3. The van der Waals surface area contributed by atoms with Gasteiger partial charge in [-0.3, -0.25) is 9.48 Å². The molecule has 20 heavy (non-hydrogen) atoms. The van der Waals surface area contributed by atoms with Gasteiger partial charge in [-0.15, -0.1) is 0 Å². The smallest absolute Gasteiger partial charge is 0.143 e. The third kappa shape index (κ3) is 3.23. The van der Waals surface area contributed by atoms with Crippen molar-refractivity contribution in [2.24, 2.45) is 11.7 Å². The lowest BCUT2D eigenvalue weighted by atomic mass is 9.89. The van der Waals surface area contributed by atoms with E-state index in [2.05, 4.69) is 5.10 Å². The van der Waals surface area contributed by atoms with Gasteiger partial charge < -0.3 is 5.73 Å². The molecule has 2 N–H and O–H groups in total. The first-order chi connectivity index (χ1) is 9.54. The Balaban J connectivity index is 2.14. The van der Waals surface area contributed by atoms with Crippen LogP contribution in [0.3, 0.4) is 0 Å². The van der Waals surface area contributed by atoms with E-state index in [9.17, 15) is 4.79 Å². The van der Waals surface area contributed by atoms with Gasteiger partial charge in [0.25, 0.3) is 0 Å². The largest absolute Gasteiger partial charge is 0.327 e. The summed E-state index contributed by atoms with van der Waals surface area (Å²) >= 11 is 6.28. The van der Waals surface area contributed by atoms with Crippen LogP contribution >= 0.6 is 11.6 Å². The molecule has 112 valence electrons. The number of ketones is 1. The molecule has 0 aliphatic heterocycles. The van der Waals surface area contributed by atoms with Gasteiger partial charge in [-0.05, 0) is 26.7 Å². The van der Waals surface area contributed by atoms with E-state index >= 15 is 0 Å². The molecule has 1 aliphatic carbocycles. The zero-order chi connectivity index (χ0) is 14.7. The molecule has 1 saturated carbocycles. The Bertz CT molecular complexity index is 484. The second kappa shape index (κ2) is 6.72. The van der Waals surface area contributed by atoms with Gasteiger partial charge >= 0.3 is 0 Å². The summed E-state index contributed by atoms with van der Waals surface area (Å²) in [5.41, 5.74) is 7.81. The number of halogens is 1. The van der Waals surface area contributed by atoms with Crippen LogP contribution in [-0.2, 0) is 17.8 Å². The minimum absolute atomic E-state index is 0.00266. The molecule has 1 heterocycles. The van der Waals surface area contributed by atoms with Crippen molar-refractivity contribution < 1.29 is 4.79 Å². The van der Waals surface area contributed by atoms with E-state index < -0.39 is 0 Å². The van der Waals surface area contributed by atoms with E-state index in [1.165, 1.54) is 6.42 Å². The number of hydrogen-bond donors (Lipinski definition) is 1. The Morgan fingerprint density at radius 2 is 2.10 bits per heavy atom. The number of rotatable bonds is 4. The summed E-state index contributed by atoms with van der Waals surface area (Å²) in [4.78, 5) is 12.6. The number of aromatic nitrogens is 2. The molecule has 5 heteroatoms. The highest BCUT2D eigenvalue weighted by molar-refractivity contribution is 6.32. The Morgan fingerprint density at radius 1 is 1.40 bits per heavy atom. The molecule has 0 aromatic carbocycles. The van der Waals surface area contributed by atoms with Crippen molar-refractivity contribution in [3.8, 4) is 0 Å². The van der Waals surface area contributed by atoms with Crippen LogP contribution in [0.15, 0.2) is 0 Å². The van der Waals surface area contributed by atoms with Crippen molar-refractivity contribution in [3.05, 3.63) is 16.4 Å². The van der Waals surface area contributed by atoms with Gasteiger partial charge in [0.05, 0.1) is 22.8 Å². The van der Waals surface area contributed by atoms with Crippen molar-refractivity contribution in [1.82, 2.24) is 9.78 Å². The third-order valence-corrected chi connectivity index (χ3v) is 4.77. The maximum absolute atomic E-state index is 12.6. The van der Waals surface area contributed by atoms with E-state index in [4.69, 9.17) is 17.3 Å². The lowest BCUT2D eigenvalue weighted by Gasteiger charge is -2.20. The number of carbonyl (C=O) groups excluding carboxylic acids is 1. The predicted octanol–water partition coefficient (Wildman–Crippen LogP) is 2.88. The standard InChI is InChI=1S/C15H24ClN3O/c1-3-19-13(15(16)10(2)18-19)9-14(20)11-7-5-4-6-8-12(11)17/h11-12H,3-9,17H2,1-2H3. The number of Topliss-reactive ketones (excluding diaryl/α,β-unsaturated/α-hetero) is 1. The fraction of sp³-hybridized carbons (Fsp3) is 0.733. The fourth-order valence-corrected chi connectivity index (χ4v) is 3.27. The van der Waals surface area contributed by atoms with Crippen molar-refractivity contribution in [3.63, 3.8) is 0 Å². The van der Waals surface area contributed by atoms with Crippen LogP contribution in [0.1, 0.15) is 50.4 Å². The molecule has 1 fully saturated rings. The summed E-state index contributed by atoms with van der Waals surface area (Å²) < 4.78 is 1.83. The van der Waals surface area contributed by atoms with Gasteiger partial charge in [-0.25, -0.2) is 0 Å². The highest BCUT2D eigenvalue weighted by atomic mass is 35.5. The molecule has 0 bridgehead atoms. The fourth-order valence-electron chi connectivity index (χ4n) is 3.07. The van der Waals surface area contributed by atoms with Gasteiger partial charge in [-0.2, -0.15) is 5.10 Å². The summed E-state index contributed by atoms with van der Waals surface area (Å²) in [6.45, 7) is 4.61. The van der Waals surface area contributed by atoms with E-state index in [1.807, 2.05) is 18.5 Å². The second-order valence-corrected chi connectivity index (χ2v) is 6.09. The van der Waals surface area contributed by atoms with Crippen LogP contribution in [-0.4, -0.2) is 21.6 Å². The summed E-state index contributed by atoms with van der Waals surface area (Å²) in [5.74, 6) is 0.199. The molecular weight excluding hydrogens is 274 g/mol. The van der Waals surface area contributed by atoms with Crippen LogP contribution in [0.2, 0.25) is 5.02 Å². The van der Waals surface area contributed by atoms with Gasteiger partial charge in [0.15, 0.2) is 0 Å². The molecule has 2 rings (SSSR count). The lowest BCUT2D eigenvalue weighted by molar-refractivity contribution is -0.123. The molecular formula is C15H24ClN3O. The molecule has 0 radical (unpaired) electrons. The van der Waals surface area contributed by atoms with Crippen molar-refractivity contribution in [2.75, 3.05) is 0 Å². The first-order valence-corrected chi connectivity index (χ1v) is 7.92. The molecule has 1 aromatic heterocycles. The molecule has 0 spiro atoms. The Kier molecular flexibility index (Phi) is 5.22. The zero-order valence-corrected chi connectivity index (χ0v) is 13.1. The minimum Gasteiger partial charge on any atom is -0.327 e. The summed E-state index contributed by atoms with van der Waals surface area (Å²) in [5, 5.41) is 4.99. The topological polar surface area (TPSA) is 60.9 Å². The first-order valence-electron chi connectivity index (χ1n) is 7.54. The van der Waals surface area contributed by atoms with Crippen molar-refractivity contribution in [2.45, 2.75) is 65.0 Å².